The molecule has 0 aromatic carbocycles. The highest BCUT2D eigenvalue weighted by Crippen LogP contribution is 2.60. The maximum atomic E-state index is 4.40. The molecule has 0 amide bonds. The van der Waals surface area contributed by atoms with E-state index in [0.717, 1.165) is 17.8 Å². The molecule has 1 nitrogen and oxygen atoms in total. The zero-order chi connectivity index (χ0) is 7.14. The third-order valence-corrected chi connectivity index (χ3v) is 2.79. The van der Waals surface area contributed by atoms with Crippen LogP contribution in [0.1, 0.15) is 26.7 Å². The molecule has 0 aromatic rings. The van der Waals surface area contributed by atoms with Crippen molar-refractivity contribution in [2.75, 3.05) is 0 Å². The summed E-state index contributed by atoms with van der Waals surface area (Å²) in [6.07, 6.45) is 5.14. The predicted molar refractivity (Wildman–Crippen MR) is 43.3 cm³/mol. The number of nitrogens with zero attached hydrogens (tertiary/aromatic N) is 1. The van der Waals surface area contributed by atoms with Gasteiger partial charge in [-0.25, -0.2) is 0 Å². The molecule has 1 heteroatoms. The van der Waals surface area contributed by atoms with E-state index in [2.05, 4.69) is 25.1 Å². The van der Waals surface area contributed by atoms with E-state index in [1.807, 2.05) is 0 Å². The van der Waals surface area contributed by atoms with Crippen LogP contribution in [0.25, 0.3) is 0 Å². The zero-order valence-electron chi connectivity index (χ0n) is 6.75. The lowest BCUT2D eigenvalue weighted by molar-refractivity contribution is 0.468. The van der Waals surface area contributed by atoms with Gasteiger partial charge in [-0.05, 0) is 38.5 Å². The number of hydrogen-bond donors (Lipinski definition) is 0. The van der Waals surface area contributed by atoms with Gasteiger partial charge in [0.05, 0.1) is 0 Å². The normalized spacial score (nSPS) is 43.7. The fourth-order valence-electron chi connectivity index (χ4n) is 1.90. The fraction of sp³-hybridized carbons (Fsp3) is 0.889. The van der Waals surface area contributed by atoms with Crippen LogP contribution in [-0.4, -0.2) is 12.3 Å². The monoisotopic (exact) mass is 137 g/mol. The minimum atomic E-state index is 0.500. The van der Waals surface area contributed by atoms with Gasteiger partial charge in [-0.15, -0.1) is 0 Å². The van der Waals surface area contributed by atoms with Gasteiger partial charge in [-0.2, -0.15) is 0 Å². The van der Waals surface area contributed by atoms with Gasteiger partial charge in [0, 0.05) is 18.2 Å². The molecular formula is C9H15N. The molecule has 2 fully saturated rings. The van der Waals surface area contributed by atoms with Gasteiger partial charge in [0.25, 0.3) is 0 Å². The van der Waals surface area contributed by atoms with Gasteiger partial charge in [0.1, 0.15) is 0 Å². The minimum Gasteiger partial charge on any atom is -0.294 e. The van der Waals surface area contributed by atoms with Crippen LogP contribution in [0.5, 0.6) is 0 Å². The highest BCUT2D eigenvalue weighted by molar-refractivity contribution is 5.66. The Labute approximate surface area is 62.5 Å². The van der Waals surface area contributed by atoms with Crippen LogP contribution in [0.15, 0.2) is 4.99 Å². The molecule has 0 N–H and O–H groups in total. The molecule has 0 heterocycles. The van der Waals surface area contributed by atoms with Gasteiger partial charge in [0.2, 0.25) is 0 Å². The van der Waals surface area contributed by atoms with Crippen molar-refractivity contribution in [3.63, 3.8) is 0 Å². The average Bonchev–Trinajstić information content (AvgIpc) is 2.27. The predicted octanol–water partition coefficient (Wildman–Crippen LogP) is 2.12. The fourth-order valence-corrected chi connectivity index (χ4v) is 1.90. The van der Waals surface area contributed by atoms with E-state index in [4.69, 9.17) is 0 Å². The second-order valence-electron chi connectivity index (χ2n) is 3.87. The van der Waals surface area contributed by atoms with Crippen molar-refractivity contribution >= 4 is 6.21 Å². The lowest BCUT2D eigenvalue weighted by Gasteiger charge is -2.04. The summed E-state index contributed by atoms with van der Waals surface area (Å²) < 4.78 is 0. The second kappa shape index (κ2) is 2.08. The quantitative estimate of drug-likeness (QED) is 0.517. The summed E-state index contributed by atoms with van der Waals surface area (Å²) in [5.74, 6) is 3.01. The van der Waals surface area contributed by atoms with E-state index in [1.54, 1.807) is 0 Å². The molecule has 2 unspecified atom stereocenters. The van der Waals surface area contributed by atoms with Crippen molar-refractivity contribution in [2.45, 2.75) is 32.7 Å². The molecule has 2 rings (SSSR count). The Morgan fingerprint density at radius 3 is 2.30 bits per heavy atom. The first-order valence-corrected chi connectivity index (χ1v) is 4.32. The van der Waals surface area contributed by atoms with Gasteiger partial charge >= 0.3 is 0 Å². The van der Waals surface area contributed by atoms with E-state index < -0.39 is 0 Å². The van der Waals surface area contributed by atoms with Crippen LogP contribution < -0.4 is 0 Å². The molecule has 2 atom stereocenters. The van der Waals surface area contributed by atoms with Crippen molar-refractivity contribution < 1.29 is 0 Å². The summed E-state index contributed by atoms with van der Waals surface area (Å²) in [5.41, 5.74) is 0. The van der Waals surface area contributed by atoms with Crippen LogP contribution in [0.3, 0.4) is 0 Å². The molecule has 0 radical (unpaired) electrons. The first-order chi connectivity index (χ1) is 4.79. The molecule has 0 saturated heterocycles. The molecular weight excluding hydrogens is 122 g/mol. The number of hydrogen-bond acceptors (Lipinski definition) is 1. The summed E-state index contributed by atoms with van der Waals surface area (Å²) in [7, 11) is 0. The average molecular weight is 137 g/mol. The summed E-state index contributed by atoms with van der Waals surface area (Å²) in [6.45, 7) is 4.28. The molecule has 2 aliphatic carbocycles. The Kier molecular flexibility index (Phi) is 1.33. The van der Waals surface area contributed by atoms with Crippen molar-refractivity contribution in [3.8, 4) is 0 Å². The SMILES string of the molecule is CC(C)N=CC1C2CCC12. The smallest absolute Gasteiger partial charge is 0.0439 e. The molecule has 0 aromatic heterocycles. The Balaban J connectivity index is 1.81. The number of fused-ring (bicyclic) bond motifs is 1. The highest BCUT2D eigenvalue weighted by atomic mass is 14.8. The Hall–Kier alpha value is -0.330. The lowest BCUT2D eigenvalue weighted by atomic mass is 10.0. The molecule has 0 bridgehead atoms. The van der Waals surface area contributed by atoms with Crippen molar-refractivity contribution in [1.82, 2.24) is 0 Å². The molecule has 2 saturated carbocycles. The van der Waals surface area contributed by atoms with Gasteiger partial charge in [-0.3, -0.25) is 4.99 Å². The van der Waals surface area contributed by atoms with Crippen LogP contribution in [-0.2, 0) is 0 Å². The molecule has 2 aliphatic rings. The summed E-state index contributed by atoms with van der Waals surface area (Å²) in [4.78, 5) is 4.40. The molecule has 0 spiro atoms. The molecule has 10 heavy (non-hydrogen) atoms. The van der Waals surface area contributed by atoms with E-state index >= 15 is 0 Å². The van der Waals surface area contributed by atoms with Crippen LogP contribution >= 0.6 is 0 Å². The standard InChI is InChI=1S/C9H15N/c1-6(2)10-5-9-7-3-4-8(7)9/h5-9H,3-4H2,1-2H3. The minimum absolute atomic E-state index is 0.500. The second-order valence-corrected chi connectivity index (χ2v) is 3.87. The van der Waals surface area contributed by atoms with Crippen molar-refractivity contribution in [1.29, 1.82) is 0 Å². The van der Waals surface area contributed by atoms with Crippen molar-refractivity contribution in [2.24, 2.45) is 22.7 Å². The van der Waals surface area contributed by atoms with Crippen molar-refractivity contribution in [3.05, 3.63) is 0 Å². The molecule has 0 aliphatic heterocycles. The van der Waals surface area contributed by atoms with E-state index in [-0.39, 0.29) is 0 Å². The van der Waals surface area contributed by atoms with Gasteiger partial charge in [-0.1, -0.05) is 0 Å². The third kappa shape index (κ3) is 0.882. The van der Waals surface area contributed by atoms with Crippen LogP contribution in [0.4, 0.5) is 0 Å². The van der Waals surface area contributed by atoms with Crippen LogP contribution in [0, 0.1) is 17.8 Å². The van der Waals surface area contributed by atoms with Gasteiger partial charge < -0.3 is 0 Å². The Bertz CT molecular complexity index is 150. The maximum Gasteiger partial charge on any atom is 0.0439 e. The maximum absolute atomic E-state index is 4.40. The zero-order valence-corrected chi connectivity index (χ0v) is 6.75. The van der Waals surface area contributed by atoms with E-state index in [1.165, 1.54) is 12.8 Å². The van der Waals surface area contributed by atoms with E-state index in [9.17, 15) is 0 Å². The topological polar surface area (TPSA) is 12.4 Å². The summed E-state index contributed by atoms with van der Waals surface area (Å²) in [6, 6.07) is 0.500. The lowest BCUT2D eigenvalue weighted by Crippen LogP contribution is -1.93. The molecule has 56 valence electrons. The summed E-state index contributed by atoms with van der Waals surface area (Å²) >= 11 is 0. The van der Waals surface area contributed by atoms with Gasteiger partial charge in [0.15, 0.2) is 0 Å². The largest absolute Gasteiger partial charge is 0.294 e. The Morgan fingerprint density at radius 2 is 1.90 bits per heavy atom. The first kappa shape index (κ1) is 6.38. The number of aliphatic imine (C=N–C) groups is 1. The third-order valence-electron chi connectivity index (χ3n) is 2.79. The first-order valence-electron chi connectivity index (χ1n) is 4.32. The van der Waals surface area contributed by atoms with Crippen LogP contribution in [0.2, 0.25) is 0 Å². The van der Waals surface area contributed by atoms with E-state index in [0.29, 0.717) is 6.04 Å². The summed E-state index contributed by atoms with van der Waals surface area (Å²) in [5, 5.41) is 0. The highest BCUT2D eigenvalue weighted by Gasteiger charge is 2.55. The Morgan fingerprint density at radius 1 is 1.30 bits per heavy atom. The number of rotatable bonds is 2.